The first-order chi connectivity index (χ1) is 14.6. The van der Waals surface area contributed by atoms with Crippen LogP contribution in [-0.4, -0.2) is 21.8 Å². The Labute approximate surface area is 182 Å². The van der Waals surface area contributed by atoms with Gasteiger partial charge in [0.25, 0.3) is 5.91 Å². The van der Waals surface area contributed by atoms with E-state index >= 15 is 0 Å². The van der Waals surface area contributed by atoms with Crippen LogP contribution in [0.15, 0.2) is 59.9 Å². The second kappa shape index (κ2) is 7.41. The summed E-state index contributed by atoms with van der Waals surface area (Å²) in [7, 11) is 0. The number of carbonyl (C=O) groups is 2. The maximum Gasteiger partial charge on any atom is 0.294 e. The van der Waals surface area contributed by atoms with E-state index in [2.05, 4.69) is 11.9 Å². The largest absolute Gasteiger partial charge is 0.503 e. The fourth-order valence-electron chi connectivity index (χ4n) is 4.32. The number of ketones is 1. The second-order valence-electron chi connectivity index (χ2n) is 9.15. The molecular formula is C26H28N2O3. The van der Waals surface area contributed by atoms with Crippen LogP contribution in [0.2, 0.25) is 0 Å². The highest BCUT2D eigenvalue weighted by Gasteiger charge is 2.47. The van der Waals surface area contributed by atoms with Gasteiger partial charge in [0.2, 0.25) is 0 Å². The van der Waals surface area contributed by atoms with E-state index in [-0.39, 0.29) is 11.4 Å². The zero-order valence-electron chi connectivity index (χ0n) is 18.6. The lowest BCUT2D eigenvalue weighted by Crippen LogP contribution is -2.33. The third-order valence-corrected chi connectivity index (χ3v) is 5.97. The van der Waals surface area contributed by atoms with E-state index in [0.29, 0.717) is 5.69 Å². The minimum absolute atomic E-state index is 0.157. The van der Waals surface area contributed by atoms with Gasteiger partial charge in [-0.05, 0) is 37.1 Å². The van der Waals surface area contributed by atoms with Gasteiger partial charge in [-0.15, -0.1) is 0 Å². The molecule has 2 heterocycles. The van der Waals surface area contributed by atoms with Crippen molar-refractivity contribution >= 4 is 28.3 Å². The molecule has 1 atom stereocenters. The number of anilines is 1. The fourth-order valence-corrected chi connectivity index (χ4v) is 4.32. The molecule has 2 aromatic carbocycles. The number of aromatic amines is 1. The number of amides is 1. The summed E-state index contributed by atoms with van der Waals surface area (Å²) in [5.41, 5.74) is 3.84. The molecule has 4 rings (SSSR count). The summed E-state index contributed by atoms with van der Waals surface area (Å²) in [5, 5.41) is 11.8. The summed E-state index contributed by atoms with van der Waals surface area (Å²) >= 11 is 0. The van der Waals surface area contributed by atoms with Crippen LogP contribution >= 0.6 is 0 Å². The summed E-state index contributed by atoms with van der Waals surface area (Å²) in [6.45, 7) is 9.42. The topological polar surface area (TPSA) is 73.4 Å². The zero-order valence-corrected chi connectivity index (χ0v) is 18.6. The van der Waals surface area contributed by atoms with Crippen LogP contribution in [0.3, 0.4) is 0 Å². The van der Waals surface area contributed by atoms with Gasteiger partial charge in [0.05, 0.1) is 11.6 Å². The van der Waals surface area contributed by atoms with Gasteiger partial charge in [0.15, 0.2) is 11.5 Å². The molecule has 31 heavy (non-hydrogen) atoms. The van der Waals surface area contributed by atoms with Crippen LogP contribution in [0.5, 0.6) is 0 Å². The third-order valence-electron chi connectivity index (χ3n) is 5.97. The smallest absolute Gasteiger partial charge is 0.294 e. The molecule has 1 amide bonds. The lowest BCUT2D eigenvalue weighted by molar-refractivity contribution is -0.123. The Morgan fingerprint density at radius 3 is 2.35 bits per heavy atom. The molecule has 0 bridgehead atoms. The molecule has 0 saturated carbocycles. The lowest BCUT2D eigenvalue weighted by Gasteiger charge is -2.29. The van der Waals surface area contributed by atoms with Gasteiger partial charge in [-0.3, -0.25) is 14.5 Å². The number of Topliss-reactive ketones (excluding diaryl/α,β-unsaturated/α-hetero) is 1. The summed E-state index contributed by atoms with van der Waals surface area (Å²) in [4.78, 5) is 31.7. The van der Waals surface area contributed by atoms with E-state index in [1.165, 1.54) is 0 Å². The van der Waals surface area contributed by atoms with E-state index in [1.54, 1.807) is 25.7 Å². The molecule has 5 heteroatoms. The second-order valence-corrected chi connectivity index (χ2v) is 9.15. The molecule has 1 aliphatic heterocycles. The number of nitrogens with one attached hydrogen (secondary N) is 1. The van der Waals surface area contributed by atoms with Gasteiger partial charge in [-0.1, -0.05) is 58.0 Å². The highest BCUT2D eigenvalue weighted by Crippen LogP contribution is 2.46. The molecule has 0 fully saturated rings. The van der Waals surface area contributed by atoms with Crippen molar-refractivity contribution in [1.82, 2.24) is 4.98 Å². The number of aryl methyl sites for hydroxylation is 2. The Morgan fingerprint density at radius 1 is 1.10 bits per heavy atom. The Bertz CT molecular complexity index is 1210. The number of aromatic nitrogens is 1. The summed E-state index contributed by atoms with van der Waals surface area (Å²) in [6.07, 6.45) is 0.885. The highest BCUT2D eigenvalue weighted by molar-refractivity contribution is 6.18. The standard InChI is InChI=1S/C26H28N2O3/c1-6-16-11-13-17(14-12-16)28-22(20-15(2)27-19-10-8-7-9-18(19)20)21(23(29)25(28)31)24(30)26(3,4)5/h7-14,22,27,29H,6H2,1-5H3. The van der Waals surface area contributed by atoms with Crippen LogP contribution in [0.25, 0.3) is 10.9 Å². The van der Waals surface area contributed by atoms with Crippen LogP contribution in [0, 0.1) is 12.3 Å². The number of benzene rings is 2. The molecule has 0 saturated heterocycles. The number of nitrogens with zero attached hydrogens (tertiary/aromatic N) is 1. The maximum atomic E-state index is 13.4. The Morgan fingerprint density at radius 2 is 1.74 bits per heavy atom. The molecule has 3 aromatic rings. The number of carbonyl (C=O) groups excluding carboxylic acids is 2. The number of rotatable bonds is 4. The molecule has 0 radical (unpaired) electrons. The van der Waals surface area contributed by atoms with Crippen molar-refractivity contribution in [3.63, 3.8) is 0 Å². The molecule has 1 aromatic heterocycles. The van der Waals surface area contributed by atoms with Crippen molar-refractivity contribution in [3.05, 3.63) is 76.7 Å². The molecule has 0 spiro atoms. The highest BCUT2D eigenvalue weighted by atomic mass is 16.3. The first-order valence-electron chi connectivity index (χ1n) is 10.6. The van der Waals surface area contributed by atoms with Crippen LogP contribution in [0.4, 0.5) is 5.69 Å². The van der Waals surface area contributed by atoms with Gasteiger partial charge >= 0.3 is 0 Å². The van der Waals surface area contributed by atoms with E-state index < -0.39 is 23.1 Å². The van der Waals surface area contributed by atoms with Crippen molar-refractivity contribution in [1.29, 1.82) is 0 Å². The van der Waals surface area contributed by atoms with Crippen molar-refractivity contribution in [3.8, 4) is 0 Å². The molecular weight excluding hydrogens is 388 g/mol. The number of aliphatic hydroxyl groups excluding tert-OH is 1. The van der Waals surface area contributed by atoms with Crippen molar-refractivity contribution in [2.24, 2.45) is 5.41 Å². The van der Waals surface area contributed by atoms with Crippen LogP contribution in [0.1, 0.15) is 50.6 Å². The van der Waals surface area contributed by atoms with Gasteiger partial charge < -0.3 is 10.1 Å². The molecule has 2 N–H and O–H groups in total. The van der Waals surface area contributed by atoms with Gasteiger partial charge in [0.1, 0.15) is 0 Å². The van der Waals surface area contributed by atoms with Crippen molar-refractivity contribution in [2.45, 2.75) is 47.1 Å². The first kappa shape index (κ1) is 20.9. The normalized spacial score (nSPS) is 17.1. The van der Waals surface area contributed by atoms with Crippen LogP contribution in [-0.2, 0) is 16.0 Å². The average Bonchev–Trinajstić information content (AvgIpc) is 3.19. The fraction of sp³-hybridized carbons (Fsp3) is 0.308. The van der Waals surface area contributed by atoms with Crippen LogP contribution < -0.4 is 4.90 Å². The summed E-state index contributed by atoms with van der Waals surface area (Å²) in [6, 6.07) is 14.8. The Balaban J connectivity index is 1.98. The minimum atomic E-state index is -0.746. The molecule has 0 aliphatic carbocycles. The molecule has 1 aliphatic rings. The van der Waals surface area contributed by atoms with Gasteiger partial charge in [-0.2, -0.15) is 0 Å². The number of hydrogen-bond acceptors (Lipinski definition) is 3. The van der Waals surface area contributed by atoms with E-state index in [4.69, 9.17) is 0 Å². The minimum Gasteiger partial charge on any atom is -0.503 e. The SMILES string of the molecule is CCc1ccc(N2C(=O)C(O)=C(C(=O)C(C)(C)C)C2c2c(C)[nH]c3ccccc23)cc1. The Kier molecular flexibility index (Phi) is 5.00. The maximum absolute atomic E-state index is 13.4. The third kappa shape index (κ3) is 3.34. The van der Waals surface area contributed by atoms with E-state index in [9.17, 15) is 14.7 Å². The summed E-state index contributed by atoms with van der Waals surface area (Å²) < 4.78 is 0. The van der Waals surface area contributed by atoms with E-state index in [0.717, 1.165) is 34.1 Å². The molecule has 160 valence electrons. The lowest BCUT2D eigenvalue weighted by atomic mass is 9.81. The molecule has 1 unspecified atom stereocenters. The van der Waals surface area contributed by atoms with Crippen molar-refractivity contribution in [2.75, 3.05) is 4.90 Å². The number of aliphatic hydroxyl groups is 1. The predicted octanol–water partition coefficient (Wildman–Crippen LogP) is 5.55. The van der Waals surface area contributed by atoms with E-state index in [1.807, 2.05) is 55.5 Å². The predicted molar refractivity (Wildman–Crippen MR) is 123 cm³/mol. The van der Waals surface area contributed by atoms with Gasteiger partial charge in [0, 0.05) is 33.3 Å². The number of fused-ring (bicyclic) bond motifs is 1. The number of H-pyrrole nitrogens is 1. The number of para-hydroxylation sites is 1. The average molecular weight is 417 g/mol. The zero-order chi connectivity index (χ0) is 22.5. The number of hydrogen-bond donors (Lipinski definition) is 2. The summed E-state index contributed by atoms with van der Waals surface area (Å²) in [5.74, 6) is -1.25. The molecule has 5 nitrogen and oxygen atoms in total. The Hall–Kier alpha value is -3.34. The quantitative estimate of drug-likeness (QED) is 0.585. The van der Waals surface area contributed by atoms with Gasteiger partial charge in [-0.25, -0.2) is 0 Å². The van der Waals surface area contributed by atoms with Crippen molar-refractivity contribution < 1.29 is 14.7 Å². The monoisotopic (exact) mass is 416 g/mol. The first-order valence-corrected chi connectivity index (χ1v) is 10.6.